The molecule has 22 heavy (non-hydrogen) atoms. The summed E-state index contributed by atoms with van der Waals surface area (Å²) in [6.07, 6.45) is 15.6. The van der Waals surface area contributed by atoms with E-state index in [0.29, 0.717) is 22.5 Å². The molecule has 0 aromatic carbocycles. The number of rotatable bonds is 1. The minimum absolute atomic E-state index is 0.320. The predicted octanol–water partition coefficient (Wildman–Crippen LogP) is 5.40. The molecule has 0 spiro atoms. The summed E-state index contributed by atoms with van der Waals surface area (Å²) in [4.78, 5) is 12.1. The molecular weight excluding hydrogens is 268 g/mol. The van der Waals surface area contributed by atoms with E-state index < -0.39 is 0 Å². The molecular formula is C21H32O. The molecule has 4 aliphatic rings. The van der Waals surface area contributed by atoms with Crippen LogP contribution in [0.15, 0.2) is 12.2 Å². The molecule has 3 fully saturated rings. The van der Waals surface area contributed by atoms with E-state index >= 15 is 0 Å². The first-order chi connectivity index (χ1) is 10.5. The quantitative estimate of drug-likeness (QED) is 0.592. The first-order valence-corrected chi connectivity index (χ1v) is 9.64. The van der Waals surface area contributed by atoms with Crippen molar-refractivity contribution in [2.75, 3.05) is 0 Å². The monoisotopic (exact) mass is 300 g/mol. The maximum absolute atomic E-state index is 12.1. The van der Waals surface area contributed by atoms with Gasteiger partial charge in [0.05, 0.1) is 0 Å². The van der Waals surface area contributed by atoms with E-state index in [2.05, 4.69) is 26.0 Å². The van der Waals surface area contributed by atoms with Gasteiger partial charge in [-0.25, -0.2) is 0 Å². The Morgan fingerprint density at radius 2 is 1.73 bits per heavy atom. The molecule has 0 bridgehead atoms. The van der Waals surface area contributed by atoms with Crippen molar-refractivity contribution < 1.29 is 4.79 Å². The number of carbonyl (C=O) groups excluding carboxylic acids is 1. The third-order valence-electron chi connectivity index (χ3n) is 8.65. The lowest BCUT2D eigenvalue weighted by Crippen LogP contribution is -2.52. The fraction of sp³-hybridized carbons (Fsp3) is 0.857. The fourth-order valence-electron chi connectivity index (χ4n) is 7.49. The van der Waals surface area contributed by atoms with Crippen molar-refractivity contribution >= 4 is 5.78 Å². The zero-order chi connectivity index (χ0) is 15.5. The Bertz CT molecular complexity index is 506. The van der Waals surface area contributed by atoms with Crippen molar-refractivity contribution in [1.29, 1.82) is 0 Å². The minimum Gasteiger partial charge on any atom is -0.300 e. The molecule has 0 aromatic heterocycles. The molecule has 122 valence electrons. The molecule has 1 nitrogen and oxygen atoms in total. The molecule has 0 aliphatic heterocycles. The smallest absolute Gasteiger partial charge is 0.133 e. The van der Waals surface area contributed by atoms with Crippen LogP contribution < -0.4 is 0 Å². The highest BCUT2D eigenvalue weighted by atomic mass is 16.1. The molecule has 7 atom stereocenters. The minimum atomic E-state index is 0.320. The van der Waals surface area contributed by atoms with Crippen molar-refractivity contribution in [2.24, 2.45) is 40.4 Å². The van der Waals surface area contributed by atoms with E-state index in [4.69, 9.17) is 0 Å². The maximum atomic E-state index is 12.1. The van der Waals surface area contributed by atoms with Crippen LogP contribution in [0.1, 0.15) is 72.1 Å². The summed E-state index contributed by atoms with van der Waals surface area (Å²) in [5.41, 5.74) is 0.869. The summed E-state index contributed by atoms with van der Waals surface area (Å²) >= 11 is 0. The lowest BCUT2D eigenvalue weighted by atomic mass is 9.45. The van der Waals surface area contributed by atoms with E-state index in [-0.39, 0.29) is 0 Å². The SMILES string of the molecule is CC(=O)C1CCC2C3CCC4C=CCCC4(C)C3CC[C@]12C. The van der Waals surface area contributed by atoms with Crippen molar-refractivity contribution in [2.45, 2.75) is 72.1 Å². The summed E-state index contributed by atoms with van der Waals surface area (Å²) < 4.78 is 0. The Kier molecular flexibility index (Phi) is 3.37. The molecule has 0 aromatic rings. The van der Waals surface area contributed by atoms with E-state index in [0.717, 1.165) is 23.7 Å². The maximum Gasteiger partial charge on any atom is 0.133 e. The highest BCUT2D eigenvalue weighted by molar-refractivity contribution is 5.79. The van der Waals surface area contributed by atoms with Crippen LogP contribution in [0.25, 0.3) is 0 Å². The van der Waals surface area contributed by atoms with Gasteiger partial charge in [0.15, 0.2) is 0 Å². The molecule has 0 saturated heterocycles. The van der Waals surface area contributed by atoms with Crippen LogP contribution in [0.5, 0.6) is 0 Å². The molecule has 0 radical (unpaired) electrons. The lowest BCUT2D eigenvalue weighted by Gasteiger charge is -2.59. The number of ketones is 1. The normalized spacial score (nSPS) is 53.5. The Morgan fingerprint density at radius 1 is 0.955 bits per heavy atom. The van der Waals surface area contributed by atoms with Gasteiger partial charge in [0, 0.05) is 5.92 Å². The molecule has 4 aliphatic carbocycles. The predicted molar refractivity (Wildman–Crippen MR) is 90.4 cm³/mol. The van der Waals surface area contributed by atoms with Crippen molar-refractivity contribution in [3.05, 3.63) is 12.2 Å². The Balaban J connectivity index is 1.65. The summed E-state index contributed by atoms with van der Waals surface area (Å²) in [7, 11) is 0. The number of fused-ring (bicyclic) bond motifs is 5. The zero-order valence-corrected chi connectivity index (χ0v) is 14.6. The van der Waals surface area contributed by atoms with Crippen molar-refractivity contribution in [1.82, 2.24) is 0 Å². The van der Waals surface area contributed by atoms with Gasteiger partial charge in [-0.05, 0) is 92.8 Å². The number of allylic oxidation sites excluding steroid dienone is 2. The molecule has 4 rings (SSSR count). The highest BCUT2D eigenvalue weighted by Gasteiger charge is 2.59. The van der Waals surface area contributed by atoms with Crippen LogP contribution in [0.2, 0.25) is 0 Å². The second-order valence-electron chi connectivity index (χ2n) is 9.32. The first kappa shape index (κ1) is 15.0. The standard InChI is InChI=1S/C21H32O/c1-14(22)17-9-10-18-16-8-7-15-6-4-5-12-20(15,2)19(16)11-13-21(17,18)3/h4,6,15-19H,5,7-13H2,1-3H3/t15?,16?,17?,18?,19?,20?,21-/m1/s1. The topological polar surface area (TPSA) is 17.1 Å². The van der Waals surface area contributed by atoms with Crippen LogP contribution in [0.4, 0.5) is 0 Å². The average molecular weight is 300 g/mol. The fourth-order valence-corrected chi connectivity index (χ4v) is 7.49. The van der Waals surface area contributed by atoms with Crippen LogP contribution in [0.3, 0.4) is 0 Å². The number of carbonyl (C=O) groups is 1. The van der Waals surface area contributed by atoms with Gasteiger partial charge in [-0.2, -0.15) is 0 Å². The van der Waals surface area contributed by atoms with Crippen molar-refractivity contribution in [3.8, 4) is 0 Å². The molecule has 6 unspecified atom stereocenters. The molecule has 0 N–H and O–H groups in total. The Hall–Kier alpha value is -0.590. The summed E-state index contributed by atoms with van der Waals surface area (Å²) in [6, 6.07) is 0. The highest BCUT2D eigenvalue weighted by Crippen LogP contribution is 2.66. The van der Waals surface area contributed by atoms with Crippen LogP contribution in [-0.2, 0) is 4.79 Å². The van der Waals surface area contributed by atoms with Crippen LogP contribution in [-0.4, -0.2) is 5.78 Å². The van der Waals surface area contributed by atoms with Crippen LogP contribution in [0, 0.1) is 40.4 Å². The first-order valence-electron chi connectivity index (χ1n) is 9.64. The van der Waals surface area contributed by atoms with E-state index in [1.807, 2.05) is 6.92 Å². The van der Waals surface area contributed by atoms with E-state index in [9.17, 15) is 4.79 Å². The number of Topliss-reactive ketones (excluding diaryl/α,β-unsaturated/α-hetero) is 1. The van der Waals surface area contributed by atoms with Crippen LogP contribution >= 0.6 is 0 Å². The summed E-state index contributed by atoms with van der Waals surface area (Å²) in [5.74, 6) is 4.29. The molecule has 0 heterocycles. The number of hydrogen-bond donors (Lipinski definition) is 0. The summed E-state index contributed by atoms with van der Waals surface area (Å²) in [6.45, 7) is 6.90. The second-order valence-corrected chi connectivity index (χ2v) is 9.32. The zero-order valence-electron chi connectivity index (χ0n) is 14.6. The van der Waals surface area contributed by atoms with Gasteiger partial charge >= 0.3 is 0 Å². The number of hydrogen-bond acceptors (Lipinski definition) is 1. The molecule has 0 amide bonds. The van der Waals surface area contributed by atoms with Gasteiger partial charge in [0.25, 0.3) is 0 Å². The summed E-state index contributed by atoms with van der Waals surface area (Å²) in [5, 5.41) is 0. The Morgan fingerprint density at radius 3 is 2.50 bits per heavy atom. The van der Waals surface area contributed by atoms with Gasteiger partial charge in [0.2, 0.25) is 0 Å². The molecule has 3 saturated carbocycles. The second kappa shape index (κ2) is 4.95. The van der Waals surface area contributed by atoms with Gasteiger partial charge in [0.1, 0.15) is 5.78 Å². The average Bonchev–Trinajstić information content (AvgIpc) is 2.84. The van der Waals surface area contributed by atoms with Gasteiger partial charge < -0.3 is 0 Å². The third-order valence-corrected chi connectivity index (χ3v) is 8.65. The Labute approximate surface area is 135 Å². The molecule has 1 heteroatoms. The van der Waals surface area contributed by atoms with E-state index in [1.54, 1.807) is 0 Å². The third kappa shape index (κ3) is 1.86. The van der Waals surface area contributed by atoms with Crippen molar-refractivity contribution in [3.63, 3.8) is 0 Å². The lowest BCUT2D eigenvalue weighted by molar-refractivity contribution is -0.130. The van der Waals surface area contributed by atoms with Gasteiger partial charge in [-0.3, -0.25) is 4.79 Å². The van der Waals surface area contributed by atoms with E-state index in [1.165, 1.54) is 51.4 Å². The largest absolute Gasteiger partial charge is 0.300 e. The van der Waals surface area contributed by atoms with Gasteiger partial charge in [-0.15, -0.1) is 0 Å². The van der Waals surface area contributed by atoms with Gasteiger partial charge in [-0.1, -0.05) is 26.0 Å².